The minimum atomic E-state index is -0.488. The summed E-state index contributed by atoms with van der Waals surface area (Å²) in [6.07, 6.45) is 0. The third-order valence-electron chi connectivity index (χ3n) is 3.34. The molecule has 0 aliphatic rings. The topological polar surface area (TPSA) is 13.1 Å². The van der Waals surface area contributed by atoms with Gasteiger partial charge in [0.25, 0.3) is 0 Å². The fraction of sp³-hybridized carbons (Fsp3) is 0.125. The van der Waals surface area contributed by atoms with E-state index in [2.05, 4.69) is 6.58 Å². The predicted molar refractivity (Wildman–Crippen MR) is 73.1 cm³/mol. The Morgan fingerprint density at radius 2 is 1.58 bits per heavy atom. The summed E-state index contributed by atoms with van der Waals surface area (Å²) in [5.74, 6) is -0.928. The first kappa shape index (κ1) is 11.9. The molecule has 1 heterocycles. The van der Waals surface area contributed by atoms with Gasteiger partial charge in [-0.1, -0.05) is 24.8 Å². The van der Waals surface area contributed by atoms with Crippen LogP contribution in [0.4, 0.5) is 8.78 Å². The summed E-state index contributed by atoms with van der Waals surface area (Å²) in [5, 5.41) is 1.17. The van der Waals surface area contributed by atoms with Crippen molar-refractivity contribution in [1.29, 1.82) is 0 Å². The van der Waals surface area contributed by atoms with Gasteiger partial charge in [0.1, 0.15) is 0 Å². The summed E-state index contributed by atoms with van der Waals surface area (Å²) in [6.45, 7) is 7.09. The molecular weight excluding hydrogens is 246 g/mol. The van der Waals surface area contributed by atoms with Crippen molar-refractivity contribution in [3.63, 3.8) is 0 Å². The second-order valence-corrected chi connectivity index (χ2v) is 4.76. The van der Waals surface area contributed by atoms with Crippen LogP contribution in [0.5, 0.6) is 0 Å². The molecular formula is C16H12F2O. The Hall–Kier alpha value is -2.16. The summed E-state index contributed by atoms with van der Waals surface area (Å²) in [4.78, 5) is 0. The minimum absolute atomic E-state index is 0.0833. The molecule has 19 heavy (non-hydrogen) atoms. The highest BCUT2D eigenvalue weighted by Gasteiger charge is 2.17. The molecule has 0 atom stereocenters. The molecule has 0 aliphatic heterocycles. The zero-order valence-corrected chi connectivity index (χ0v) is 10.7. The molecule has 1 aromatic heterocycles. The Morgan fingerprint density at radius 1 is 1.00 bits per heavy atom. The number of aryl methyl sites for hydroxylation is 1. The quantitative estimate of drug-likeness (QED) is 0.584. The lowest BCUT2D eigenvalue weighted by Gasteiger charge is -2.01. The van der Waals surface area contributed by atoms with Crippen molar-refractivity contribution in [2.45, 2.75) is 13.8 Å². The molecule has 0 saturated carbocycles. The largest absolute Gasteiger partial charge is 0.450 e. The van der Waals surface area contributed by atoms with Crippen molar-refractivity contribution in [2.24, 2.45) is 0 Å². The van der Waals surface area contributed by atoms with Gasteiger partial charge in [-0.2, -0.15) is 0 Å². The van der Waals surface area contributed by atoms with E-state index in [0.717, 1.165) is 0 Å². The van der Waals surface area contributed by atoms with Gasteiger partial charge in [-0.05, 0) is 31.1 Å². The van der Waals surface area contributed by atoms with Crippen LogP contribution in [0.2, 0.25) is 0 Å². The van der Waals surface area contributed by atoms with Crippen molar-refractivity contribution < 1.29 is 13.2 Å². The first-order chi connectivity index (χ1) is 9.00. The molecule has 96 valence electrons. The maximum absolute atomic E-state index is 14.3. The second kappa shape index (κ2) is 3.92. The Bertz CT molecular complexity index is 828. The number of benzene rings is 2. The average Bonchev–Trinajstić information content (AvgIpc) is 2.74. The maximum atomic E-state index is 14.3. The van der Waals surface area contributed by atoms with Gasteiger partial charge in [-0.15, -0.1) is 0 Å². The maximum Gasteiger partial charge on any atom is 0.173 e. The zero-order valence-electron chi connectivity index (χ0n) is 10.7. The molecule has 0 aliphatic carbocycles. The highest BCUT2D eigenvalue weighted by molar-refractivity contribution is 6.06. The van der Waals surface area contributed by atoms with Crippen LogP contribution >= 0.6 is 0 Å². The van der Waals surface area contributed by atoms with E-state index in [9.17, 15) is 8.78 Å². The van der Waals surface area contributed by atoms with Crippen molar-refractivity contribution in [1.82, 2.24) is 0 Å². The number of fused-ring (bicyclic) bond motifs is 3. The van der Waals surface area contributed by atoms with E-state index in [1.54, 1.807) is 38.1 Å². The molecule has 3 heteroatoms. The summed E-state index contributed by atoms with van der Waals surface area (Å²) < 4.78 is 33.7. The molecule has 3 aromatic rings. The van der Waals surface area contributed by atoms with Gasteiger partial charge in [0.15, 0.2) is 22.8 Å². The zero-order chi connectivity index (χ0) is 13.7. The molecule has 0 radical (unpaired) electrons. The van der Waals surface area contributed by atoms with E-state index in [0.29, 0.717) is 27.5 Å². The van der Waals surface area contributed by atoms with Gasteiger partial charge >= 0.3 is 0 Å². The number of allylic oxidation sites excluding steroid dienone is 1. The van der Waals surface area contributed by atoms with Crippen molar-refractivity contribution >= 4 is 27.5 Å². The lowest BCUT2D eigenvalue weighted by molar-refractivity contribution is 0.553. The molecule has 2 aromatic carbocycles. The lowest BCUT2D eigenvalue weighted by Crippen LogP contribution is -1.85. The lowest BCUT2D eigenvalue weighted by atomic mass is 10.0. The molecule has 0 fully saturated rings. The summed E-state index contributed by atoms with van der Waals surface area (Å²) >= 11 is 0. The summed E-state index contributed by atoms with van der Waals surface area (Å²) in [6, 6.07) is 6.80. The molecule has 0 N–H and O–H groups in total. The highest BCUT2D eigenvalue weighted by Crippen LogP contribution is 2.35. The van der Waals surface area contributed by atoms with Crippen LogP contribution < -0.4 is 0 Å². The monoisotopic (exact) mass is 258 g/mol. The van der Waals surface area contributed by atoms with Gasteiger partial charge in [-0.3, -0.25) is 0 Å². The highest BCUT2D eigenvalue weighted by atomic mass is 19.1. The number of furan rings is 1. The molecule has 0 amide bonds. The number of hydrogen-bond donors (Lipinski definition) is 0. The van der Waals surface area contributed by atoms with Crippen LogP contribution in [-0.4, -0.2) is 0 Å². The second-order valence-electron chi connectivity index (χ2n) is 4.76. The number of hydrogen-bond acceptors (Lipinski definition) is 1. The molecule has 0 saturated heterocycles. The Kier molecular flexibility index (Phi) is 2.45. The van der Waals surface area contributed by atoms with E-state index in [-0.39, 0.29) is 11.2 Å². The molecule has 0 bridgehead atoms. The molecule has 0 unspecified atom stereocenters. The van der Waals surface area contributed by atoms with Crippen LogP contribution in [-0.2, 0) is 0 Å². The third kappa shape index (κ3) is 1.58. The van der Waals surface area contributed by atoms with Gasteiger partial charge in [0.2, 0.25) is 0 Å². The Balaban J connectivity index is 2.50. The standard InChI is InChI=1S/C16H12F2O/c1-8(2)10-6-7-12-11-5-4-9(3)13(17)15(11)19-16(12)14(10)18/h4-7H,1H2,2-3H3. The van der Waals surface area contributed by atoms with Crippen LogP contribution in [0.15, 0.2) is 35.3 Å². The van der Waals surface area contributed by atoms with Crippen molar-refractivity contribution in [3.8, 4) is 0 Å². The normalized spacial score (nSPS) is 11.4. The van der Waals surface area contributed by atoms with Crippen LogP contribution in [0.3, 0.4) is 0 Å². The molecule has 0 spiro atoms. The van der Waals surface area contributed by atoms with E-state index >= 15 is 0 Å². The fourth-order valence-electron chi connectivity index (χ4n) is 2.27. The Morgan fingerprint density at radius 3 is 2.21 bits per heavy atom. The van der Waals surface area contributed by atoms with Crippen molar-refractivity contribution in [3.05, 3.63) is 53.6 Å². The average molecular weight is 258 g/mol. The van der Waals surface area contributed by atoms with Gasteiger partial charge < -0.3 is 4.42 Å². The number of halogens is 2. The van der Waals surface area contributed by atoms with E-state index in [4.69, 9.17) is 4.42 Å². The van der Waals surface area contributed by atoms with Crippen LogP contribution in [0.25, 0.3) is 27.5 Å². The molecule has 3 rings (SSSR count). The van der Waals surface area contributed by atoms with Gasteiger partial charge in [-0.25, -0.2) is 8.78 Å². The minimum Gasteiger partial charge on any atom is -0.450 e. The number of rotatable bonds is 1. The van der Waals surface area contributed by atoms with Crippen LogP contribution in [0.1, 0.15) is 18.1 Å². The smallest absolute Gasteiger partial charge is 0.173 e. The third-order valence-corrected chi connectivity index (χ3v) is 3.34. The van der Waals surface area contributed by atoms with Crippen LogP contribution in [0, 0.1) is 18.6 Å². The van der Waals surface area contributed by atoms with E-state index < -0.39 is 11.6 Å². The Labute approximate surface area is 109 Å². The fourth-order valence-corrected chi connectivity index (χ4v) is 2.27. The van der Waals surface area contributed by atoms with E-state index in [1.807, 2.05) is 0 Å². The SMILES string of the molecule is C=C(C)c1ccc2c(oc3c(F)c(C)ccc32)c1F. The van der Waals surface area contributed by atoms with Crippen molar-refractivity contribution in [2.75, 3.05) is 0 Å². The van der Waals surface area contributed by atoms with Gasteiger partial charge in [0, 0.05) is 16.3 Å². The summed E-state index contributed by atoms with van der Waals surface area (Å²) in [7, 11) is 0. The molecule has 1 nitrogen and oxygen atoms in total. The van der Waals surface area contributed by atoms with Gasteiger partial charge in [0.05, 0.1) is 0 Å². The predicted octanol–water partition coefficient (Wildman–Crippen LogP) is 5.21. The first-order valence-electron chi connectivity index (χ1n) is 5.96. The van der Waals surface area contributed by atoms with E-state index in [1.165, 1.54) is 0 Å². The first-order valence-corrected chi connectivity index (χ1v) is 5.96. The summed E-state index contributed by atoms with van der Waals surface area (Å²) in [5.41, 5.74) is 1.67.